The van der Waals surface area contributed by atoms with Crippen molar-refractivity contribution < 1.29 is 64.2 Å². The summed E-state index contributed by atoms with van der Waals surface area (Å²) in [5.74, 6) is -0.856. The van der Waals surface area contributed by atoms with Gasteiger partial charge in [-0.25, -0.2) is 4.57 Å². The predicted molar refractivity (Wildman–Crippen MR) is 258 cm³/mol. The van der Waals surface area contributed by atoms with Crippen LogP contribution in [0, 0.1) is 0 Å². The van der Waals surface area contributed by atoms with Gasteiger partial charge < -0.3 is 51.1 Å². The third-order valence-electron chi connectivity index (χ3n) is 13.4. The predicted octanol–water partition coefficient (Wildman–Crippen LogP) is 8.96. The van der Waals surface area contributed by atoms with Gasteiger partial charge >= 0.3 is 7.82 Å². The first-order chi connectivity index (χ1) is 31.3. The molecule has 0 saturated heterocycles. The van der Waals surface area contributed by atoms with Crippen LogP contribution in [-0.2, 0) is 18.4 Å². The molecule has 0 aromatic heterocycles. The van der Waals surface area contributed by atoms with Crippen LogP contribution in [0.2, 0.25) is 0 Å². The fraction of sp³-hybridized carbons (Fsp3) is 0.980. The number of carbonyl (C=O) groups excluding carboxylic acids is 1. The van der Waals surface area contributed by atoms with Crippen molar-refractivity contribution in [1.82, 2.24) is 5.32 Å². The van der Waals surface area contributed by atoms with Gasteiger partial charge in [0.1, 0.15) is 48.8 Å². The smallest absolute Gasteiger partial charge is 0.390 e. The van der Waals surface area contributed by atoms with Crippen molar-refractivity contribution in [3.8, 4) is 0 Å². The summed E-state index contributed by atoms with van der Waals surface area (Å²) in [4.78, 5) is 23.6. The minimum absolute atomic E-state index is 0.158. The van der Waals surface area contributed by atoms with Gasteiger partial charge in [-0.15, -0.1) is 0 Å². The van der Waals surface area contributed by atoms with Crippen LogP contribution in [0.3, 0.4) is 0 Å². The molecule has 1 amide bonds. The number of hydrogen-bond donors (Lipinski definition) is 10. The van der Waals surface area contributed by atoms with E-state index in [4.69, 9.17) is 9.05 Å². The molecule has 1 fully saturated rings. The second-order valence-electron chi connectivity index (χ2n) is 19.4. The lowest BCUT2D eigenvalue weighted by Gasteiger charge is -2.41. The van der Waals surface area contributed by atoms with Crippen LogP contribution >= 0.6 is 7.82 Å². The van der Waals surface area contributed by atoms with Crippen molar-refractivity contribution in [2.45, 2.75) is 306 Å². The Morgan fingerprint density at radius 3 is 1.11 bits per heavy atom. The fourth-order valence-electron chi connectivity index (χ4n) is 8.90. The maximum Gasteiger partial charge on any atom is 0.472 e. The molecule has 0 bridgehead atoms. The van der Waals surface area contributed by atoms with Crippen molar-refractivity contribution in [2.24, 2.45) is 0 Å². The normalized spacial score (nSPS) is 22.9. The highest BCUT2D eigenvalue weighted by molar-refractivity contribution is 7.47. The Morgan fingerprint density at radius 1 is 0.477 bits per heavy atom. The SMILES string of the molecule is CCCCCCCCCCCCCCCCCCCCCCCC[C@H](O)C(=O)N[C@@H](COP(=O)(O)OC1[C@H](O)[C@H](O)C(O)[C@H](O)[C@H]1O)[C@H](O)[C@H](O)CCCCCCCCCCCCCC. The molecule has 14 nitrogen and oxygen atoms in total. The summed E-state index contributed by atoms with van der Waals surface area (Å²) < 4.78 is 22.9. The molecule has 388 valence electrons. The molecule has 15 heteroatoms. The number of carbonyl (C=O) groups is 1. The van der Waals surface area contributed by atoms with Crippen LogP contribution in [0.15, 0.2) is 0 Å². The molecule has 0 aromatic rings. The summed E-state index contributed by atoms with van der Waals surface area (Å²) in [5.41, 5.74) is 0. The molecule has 0 aliphatic heterocycles. The minimum Gasteiger partial charge on any atom is -0.390 e. The Bertz CT molecular complexity index is 1140. The Labute approximate surface area is 394 Å². The first-order valence-electron chi connectivity index (χ1n) is 26.7. The zero-order valence-corrected chi connectivity index (χ0v) is 41.9. The van der Waals surface area contributed by atoms with Gasteiger partial charge in [0.2, 0.25) is 5.91 Å². The molecule has 0 spiro atoms. The van der Waals surface area contributed by atoms with E-state index in [9.17, 15) is 55.1 Å². The number of unbranched alkanes of at least 4 members (excludes halogenated alkanes) is 32. The van der Waals surface area contributed by atoms with E-state index < -0.39 is 81.3 Å². The average Bonchev–Trinajstić information content (AvgIpc) is 3.29. The standard InChI is InChI=1S/C50H100NO13P/c1-3-5-7-9-11-13-15-17-18-19-20-21-22-23-24-25-26-28-30-32-34-36-38-42(53)50(60)51-40(39-63-65(61,62)64-49-47(58)45(56)44(55)46(57)48(49)59)43(54)41(52)37-35-33-31-29-27-16-14-12-10-8-6-4-2/h40-49,52-59H,3-39H2,1-2H3,(H,51,60)(H,61,62)/t40-,41+,42-,43-,44?,45-,46+,47+,48+,49?/m0/s1. The molecule has 10 N–H and O–H groups in total. The molecule has 3 unspecified atom stereocenters. The lowest BCUT2D eigenvalue weighted by atomic mass is 9.85. The second-order valence-corrected chi connectivity index (χ2v) is 20.8. The molecule has 0 heterocycles. The van der Waals surface area contributed by atoms with Gasteiger partial charge in [0.25, 0.3) is 0 Å². The van der Waals surface area contributed by atoms with Gasteiger partial charge in [0.05, 0.1) is 18.8 Å². The largest absolute Gasteiger partial charge is 0.472 e. The van der Waals surface area contributed by atoms with E-state index in [0.29, 0.717) is 12.8 Å². The number of phosphoric ester groups is 1. The van der Waals surface area contributed by atoms with E-state index in [-0.39, 0.29) is 12.8 Å². The van der Waals surface area contributed by atoms with Crippen LogP contribution in [0.1, 0.15) is 245 Å². The number of rotatable bonds is 45. The lowest BCUT2D eigenvalue weighted by molar-refractivity contribution is -0.220. The van der Waals surface area contributed by atoms with E-state index >= 15 is 0 Å². The first-order valence-corrected chi connectivity index (χ1v) is 28.2. The van der Waals surface area contributed by atoms with Crippen molar-refractivity contribution in [3.05, 3.63) is 0 Å². The number of aliphatic hydroxyl groups is 8. The fourth-order valence-corrected chi connectivity index (χ4v) is 9.86. The minimum atomic E-state index is -5.23. The zero-order chi connectivity index (χ0) is 48.1. The summed E-state index contributed by atoms with van der Waals surface area (Å²) >= 11 is 0. The Hall–Kier alpha value is -0.740. The van der Waals surface area contributed by atoms with Crippen LogP contribution in [0.25, 0.3) is 0 Å². The van der Waals surface area contributed by atoms with E-state index in [1.165, 1.54) is 154 Å². The Balaban J connectivity index is 2.44. The molecule has 1 aliphatic rings. The number of nitrogens with one attached hydrogen (secondary N) is 1. The number of amides is 1. The summed E-state index contributed by atoms with van der Waals surface area (Å²) in [5, 5.41) is 85.6. The molecule has 1 aliphatic carbocycles. The van der Waals surface area contributed by atoms with Gasteiger partial charge in [-0.3, -0.25) is 13.8 Å². The molecule has 1 rings (SSSR count). The third-order valence-corrected chi connectivity index (χ3v) is 14.4. The Kier molecular flexibility index (Phi) is 38.4. The summed E-state index contributed by atoms with van der Waals surface area (Å²) in [7, 11) is -5.23. The van der Waals surface area contributed by atoms with E-state index in [2.05, 4.69) is 19.2 Å². The van der Waals surface area contributed by atoms with Gasteiger partial charge in [0.15, 0.2) is 0 Å². The maximum absolute atomic E-state index is 13.1. The van der Waals surface area contributed by atoms with Crippen LogP contribution < -0.4 is 5.32 Å². The van der Waals surface area contributed by atoms with Gasteiger partial charge in [-0.2, -0.15) is 0 Å². The highest BCUT2D eigenvalue weighted by Gasteiger charge is 2.51. The molecule has 0 aromatic carbocycles. The monoisotopic (exact) mass is 954 g/mol. The zero-order valence-electron chi connectivity index (χ0n) is 41.0. The summed E-state index contributed by atoms with van der Waals surface area (Å²) in [6, 6.07) is -1.47. The van der Waals surface area contributed by atoms with E-state index in [0.717, 1.165) is 51.4 Å². The van der Waals surface area contributed by atoms with Gasteiger partial charge in [-0.05, 0) is 12.8 Å². The van der Waals surface area contributed by atoms with Crippen molar-refractivity contribution in [2.75, 3.05) is 6.61 Å². The number of aliphatic hydroxyl groups excluding tert-OH is 8. The van der Waals surface area contributed by atoms with Crippen molar-refractivity contribution in [3.63, 3.8) is 0 Å². The first kappa shape index (κ1) is 62.3. The summed E-state index contributed by atoms with van der Waals surface area (Å²) in [6.07, 6.45) is 24.7. The third kappa shape index (κ3) is 30.5. The van der Waals surface area contributed by atoms with Gasteiger partial charge in [-0.1, -0.05) is 232 Å². The molecule has 1 saturated carbocycles. The van der Waals surface area contributed by atoms with Crippen LogP contribution in [0.5, 0.6) is 0 Å². The maximum atomic E-state index is 13.1. The average molecular weight is 954 g/mol. The quantitative estimate of drug-likeness (QED) is 0.0203. The van der Waals surface area contributed by atoms with Crippen LogP contribution in [0.4, 0.5) is 0 Å². The highest BCUT2D eigenvalue weighted by atomic mass is 31.2. The second kappa shape index (κ2) is 40.0. The van der Waals surface area contributed by atoms with Crippen molar-refractivity contribution in [1.29, 1.82) is 0 Å². The topological polar surface area (TPSA) is 247 Å². The highest BCUT2D eigenvalue weighted by Crippen LogP contribution is 2.47. The van der Waals surface area contributed by atoms with E-state index in [1.54, 1.807) is 0 Å². The molecular formula is C50H100NO13P. The molecular weight excluding hydrogens is 854 g/mol. The van der Waals surface area contributed by atoms with Crippen LogP contribution in [-0.4, -0.2) is 119 Å². The van der Waals surface area contributed by atoms with Crippen molar-refractivity contribution >= 4 is 13.7 Å². The molecule has 65 heavy (non-hydrogen) atoms. The lowest BCUT2D eigenvalue weighted by Crippen LogP contribution is -2.64. The number of phosphoric acid groups is 1. The van der Waals surface area contributed by atoms with Gasteiger partial charge in [0, 0.05) is 0 Å². The summed E-state index contributed by atoms with van der Waals surface area (Å²) in [6.45, 7) is 3.60. The number of hydrogen-bond acceptors (Lipinski definition) is 12. The van der Waals surface area contributed by atoms with E-state index in [1.807, 2.05) is 0 Å². The molecule has 11 atom stereocenters. The molecule has 0 radical (unpaired) electrons. The Morgan fingerprint density at radius 2 is 0.769 bits per heavy atom.